The van der Waals surface area contributed by atoms with Crippen LogP contribution in [0.25, 0.3) is 0 Å². The smallest absolute Gasteiger partial charge is 0.261 e. The normalized spacial score (nSPS) is 14.5. The van der Waals surface area contributed by atoms with Crippen LogP contribution in [0, 0.1) is 17.4 Å². The molecule has 162 valence electrons. The van der Waals surface area contributed by atoms with Crippen LogP contribution in [0.5, 0.6) is 0 Å². The van der Waals surface area contributed by atoms with Crippen LogP contribution in [0.3, 0.4) is 0 Å². The summed E-state index contributed by atoms with van der Waals surface area (Å²) in [6, 6.07) is 21.3. The summed E-state index contributed by atoms with van der Waals surface area (Å²) in [6.07, 6.45) is 0.0299. The Hall–Kier alpha value is -1.65. The Balaban J connectivity index is 2.33. The maximum absolute atomic E-state index is 10.7. The molecule has 2 aromatic rings. The van der Waals surface area contributed by atoms with E-state index in [1.54, 1.807) is 0 Å². The average molecular weight is 439 g/mol. The van der Waals surface area contributed by atoms with Crippen molar-refractivity contribution in [1.29, 1.82) is 0 Å². The molecule has 0 fully saturated rings. The standard InChI is InChI=1S/C26H38O2Si2/c1-22(25(27)19-14-20-29(5,6)7)21-28-30(26(2,3)4,23-15-10-8-11-16-23)24-17-12-9-13-18-24/h8-13,15-18,22,25,27H,19,21H2,1-7H3/t22-,25+/m1/s1. The van der Waals surface area contributed by atoms with Gasteiger partial charge in [0, 0.05) is 18.9 Å². The Morgan fingerprint density at radius 1 is 0.900 bits per heavy atom. The number of rotatable bonds is 7. The second-order valence-corrected chi connectivity index (χ2v) is 19.3. The van der Waals surface area contributed by atoms with Crippen molar-refractivity contribution >= 4 is 26.8 Å². The molecule has 0 aliphatic rings. The van der Waals surface area contributed by atoms with Gasteiger partial charge in [0.25, 0.3) is 8.32 Å². The van der Waals surface area contributed by atoms with E-state index in [9.17, 15) is 5.11 Å². The largest absolute Gasteiger partial charge is 0.407 e. The van der Waals surface area contributed by atoms with Crippen molar-refractivity contribution in [3.8, 4) is 11.5 Å². The van der Waals surface area contributed by atoms with Crippen LogP contribution in [0.1, 0.15) is 34.1 Å². The third kappa shape index (κ3) is 6.18. The van der Waals surface area contributed by atoms with Crippen LogP contribution < -0.4 is 10.4 Å². The van der Waals surface area contributed by atoms with E-state index in [4.69, 9.17) is 4.43 Å². The first kappa shape index (κ1) is 24.6. The van der Waals surface area contributed by atoms with Gasteiger partial charge in [0.15, 0.2) is 0 Å². The summed E-state index contributed by atoms with van der Waals surface area (Å²) >= 11 is 0. The second-order valence-electron chi connectivity index (χ2n) is 10.3. The highest BCUT2D eigenvalue weighted by Gasteiger charge is 2.50. The minimum absolute atomic E-state index is 0.0163. The molecule has 0 aliphatic carbocycles. The number of benzene rings is 2. The van der Waals surface area contributed by atoms with Crippen molar-refractivity contribution in [1.82, 2.24) is 0 Å². The molecule has 0 aromatic heterocycles. The highest BCUT2D eigenvalue weighted by molar-refractivity contribution is 6.99. The molecule has 0 unspecified atom stereocenters. The lowest BCUT2D eigenvalue weighted by Gasteiger charge is -2.43. The van der Waals surface area contributed by atoms with E-state index < -0.39 is 22.5 Å². The van der Waals surface area contributed by atoms with E-state index in [1.807, 2.05) is 0 Å². The molecule has 2 nitrogen and oxygen atoms in total. The second kappa shape index (κ2) is 10.1. The first-order valence-electron chi connectivity index (χ1n) is 10.9. The highest BCUT2D eigenvalue weighted by atomic mass is 28.4. The molecule has 0 bridgehead atoms. The fourth-order valence-corrected chi connectivity index (χ4v) is 9.05. The van der Waals surface area contributed by atoms with E-state index in [0.29, 0.717) is 13.0 Å². The summed E-state index contributed by atoms with van der Waals surface area (Å²) in [5, 5.41) is 13.2. The van der Waals surface area contributed by atoms with Crippen molar-refractivity contribution in [3.63, 3.8) is 0 Å². The van der Waals surface area contributed by atoms with Gasteiger partial charge in [0.1, 0.15) is 8.07 Å². The maximum Gasteiger partial charge on any atom is 0.261 e. The predicted molar refractivity (Wildman–Crippen MR) is 134 cm³/mol. The summed E-state index contributed by atoms with van der Waals surface area (Å²) < 4.78 is 6.94. The molecule has 0 saturated heterocycles. The lowest BCUT2D eigenvalue weighted by atomic mass is 10.0. The lowest BCUT2D eigenvalue weighted by Crippen LogP contribution is -2.67. The van der Waals surface area contributed by atoms with Gasteiger partial charge in [-0.25, -0.2) is 0 Å². The van der Waals surface area contributed by atoms with Crippen molar-refractivity contribution in [3.05, 3.63) is 60.7 Å². The van der Waals surface area contributed by atoms with Crippen LogP contribution >= 0.6 is 0 Å². The molecule has 30 heavy (non-hydrogen) atoms. The van der Waals surface area contributed by atoms with Gasteiger partial charge in [0.05, 0.1) is 6.10 Å². The van der Waals surface area contributed by atoms with Crippen LogP contribution in [0.4, 0.5) is 0 Å². The average Bonchev–Trinajstić information content (AvgIpc) is 2.68. The fraction of sp³-hybridized carbons (Fsp3) is 0.462. The zero-order valence-corrected chi connectivity index (χ0v) is 21.7. The Bertz CT molecular complexity index is 800. The van der Waals surface area contributed by atoms with E-state index in [-0.39, 0.29) is 11.0 Å². The van der Waals surface area contributed by atoms with Gasteiger partial charge >= 0.3 is 0 Å². The van der Waals surface area contributed by atoms with E-state index in [0.717, 1.165) is 0 Å². The SMILES string of the molecule is C[C@H](CO[Si](c1ccccc1)(c1ccccc1)C(C)(C)C)[C@@H](O)CC#C[Si](C)(C)C. The monoisotopic (exact) mass is 438 g/mol. The molecule has 0 amide bonds. The van der Waals surface area contributed by atoms with E-state index >= 15 is 0 Å². The minimum atomic E-state index is -2.56. The van der Waals surface area contributed by atoms with Crippen molar-refractivity contribution in [2.45, 2.75) is 64.9 Å². The first-order chi connectivity index (χ1) is 14.0. The summed E-state index contributed by atoms with van der Waals surface area (Å²) in [7, 11) is -3.98. The molecule has 2 aromatic carbocycles. The quantitative estimate of drug-likeness (QED) is 0.495. The highest BCUT2D eigenvalue weighted by Crippen LogP contribution is 2.37. The maximum atomic E-state index is 10.7. The Labute approximate surface area is 185 Å². The third-order valence-corrected chi connectivity index (χ3v) is 11.3. The summed E-state index contributed by atoms with van der Waals surface area (Å²) in [5.41, 5.74) is 3.35. The summed E-state index contributed by atoms with van der Waals surface area (Å²) in [6.45, 7) is 16.1. The van der Waals surface area contributed by atoms with Gasteiger partial charge in [-0.1, -0.05) is 108 Å². The van der Waals surface area contributed by atoms with Crippen molar-refractivity contribution in [2.75, 3.05) is 6.61 Å². The first-order valence-corrected chi connectivity index (χ1v) is 16.3. The van der Waals surface area contributed by atoms with Crippen LogP contribution in [0.2, 0.25) is 24.7 Å². The molecular weight excluding hydrogens is 400 g/mol. The van der Waals surface area contributed by atoms with E-state index in [1.165, 1.54) is 10.4 Å². The molecule has 4 heteroatoms. The molecular formula is C26H38O2Si2. The van der Waals surface area contributed by atoms with Crippen LogP contribution in [-0.4, -0.2) is 34.2 Å². The van der Waals surface area contributed by atoms with Gasteiger partial charge in [-0.05, 0) is 15.4 Å². The topological polar surface area (TPSA) is 29.5 Å². The number of hydrogen-bond acceptors (Lipinski definition) is 2. The Morgan fingerprint density at radius 2 is 1.37 bits per heavy atom. The summed E-state index contributed by atoms with van der Waals surface area (Å²) in [5.74, 6) is 3.23. The Kier molecular flexibility index (Phi) is 8.30. The zero-order valence-electron chi connectivity index (χ0n) is 19.7. The zero-order chi connectivity index (χ0) is 22.4. The molecule has 0 spiro atoms. The van der Waals surface area contributed by atoms with Gasteiger partial charge in [0.2, 0.25) is 0 Å². The minimum Gasteiger partial charge on any atom is -0.407 e. The van der Waals surface area contributed by atoms with Gasteiger partial charge in [-0.2, -0.15) is 0 Å². The lowest BCUT2D eigenvalue weighted by molar-refractivity contribution is 0.0854. The van der Waals surface area contributed by atoms with Crippen LogP contribution in [-0.2, 0) is 4.43 Å². The number of hydrogen-bond donors (Lipinski definition) is 1. The molecule has 0 aliphatic heterocycles. The van der Waals surface area contributed by atoms with Crippen molar-refractivity contribution < 1.29 is 9.53 Å². The predicted octanol–water partition coefficient (Wildman–Crippen LogP) is 4.83. The molecule has 2 atom stereocenters. The molecule has 0 heterocycles. The van der Waals surface area contributed by atoms with Gasteiger partial charge in [-0.3, -0.25) is 0 Å². The number of aliphatic hydroxyl groups excluding tert-OH is 1. The van der Waals surface area contributed by atoms with Gasteiger partial charge in [-0.15, -0.1) is 11.5 Å². The fourth-order valence-electron chi connectivity index (χ4n) is 3.75. The molecule has 1 N–H and O–H groups in total. The number of aliphatic hydroxyl groups is 1. The van der Waals surface area contributed by atoms with Gasteiger partial charge < -0.3 is 9.53 Å². The van der Waals surface area contributed by atoms with Crippen molar-refractivity contribution in [2.24, 2.45) is 5.92 Å². The van der Waals surface area contributed by atoms with E-state index in [2.05, 4.69) is 119 Å². The molecule has 0 radical (unpaired) electrons. The third-order valence-electron chi connectivity index (χ3n) is 5.41. The van der Waals surface area contributed by atoms with Crippen LogP contribution in [0.15, 0.2) is 60.7 Å². The molecule has 0 saturated carbocycles. The Morgan fingerprint density at radius 3 is 1.77 bits per heavy atom. The summed E-state index contributed by atoms with van der Waals surface area (Å²) in [4.78, 5) is 0. The molecule has 2 rings (SSSR count).